The van der Waals surface area contributed by atoms with Gasteiger partial charge in [-0.2, -0.15) is 0 Å². The molecule has 0 radical (unpaired) electrons. The third-order valence-electron chi connectivity index (χ3n) is 2.74. The van der Waals surface area contributed by atoms with Crippen LogP contribution < -0.4 is 5.32 Å². The van der Waals surface area contributed by atoms with Crippen molar-refractivity contribution in [2.24, 2.45) is 5.92 Å². The molecule has 0 aromatic carbocycles. The van der Waals surface area contributed by atoms with Crippen LogP contribution in [-0.4, -0.2) is 40.0 Å². The first kappa shape index (κ1) is 17.7. The van der Waals surface area contributed by atoms with Crippen LogP contribution in [0.25, 0.3) is 0 Å². The average molecular weight is 275 g/mol. The van der Waals surface area contributed by atoms with Crippen LogP contribution in [0.15, 0.2) is 0 Å². The van der Waals surface area contributed by atoms with Crippen LogP contribution in [0.5, 0.6) is 0 Å². The fourth-order valence-electron chi connectivity index (χ4n) is 1.62. The number of alkyl carbamates (subject to hydrolysis) is 1. The van der Waals surface area contributed by atoms with E-state index in [2.05, 4.69) is 5.32 Å². The summed E-state index contributed by atoms with van der Waals surface area (Å²) in [6.45, 7) is 8.95. The molecule has 0 heterocycles. The van der Waals surface area contributed by atoms with Crippen molar-refractivity contribution in [2.75, 3.05) is 0 Å². The summed E-state index contributed by atoms with van der Waals surface area (Å²) in [6.07, 6.45) is -1.50. The molecular weight excluding hydrogens is 250 g/mol. The summed E-state index contributed by atoms with van der Waals surface area (Å²) in [6, 6.07) is -0.643. The molecule has 0 saturated carbocycles. The first-order valence-corrected chi connectivity index (χ1v) is 6.46. The summed E-state index contributed by atoms with van der Waals surface area (Å²) < 4.78 is 5.11. The number of carbonyl (C=O) groups is 2. The third kappa shape index (κ3) is 7.66. The molecule has 112 valence electrons. The number of ether oxygens (including phenoxy) is 1. The van der Waals surface area contributed by atoms with Crippen LogP contribution in [0.2, 0.25) is 0 Å². The standard InChI is InChI=1S/C13H25NO5/c1-6-8(2)11(9(15)7-10(16)17)14-12(18)19-13(3,4)5/h8-9,11,15H,6-7H2,1-5H3,(H,14,18)(H,16,17)/t8-,9-,11?/m0/s1. The number of nitrogens with one attached hydrogen (secondary N) is 1. The van der Waals surface area contributed by atoms with Crippen molar-refractivity contribution < 1.29 is 24.5 Å². The van der Waals surface area contributed by atoms with E-state index in [1.165, 1.54) is 0 Å². The van der Waals surface area contributed by atoms with Gasteiger partial charge in [0, 0.05) is 0 Å². The minimum Gasteiger partial charge on any atom is -0.481 e. The number of carboxylic acids is 1. The Labute approximate surface area is 114 Å². The Morgan fingerprint density at radius 2 is 1.84 bits per heavy atom. The van der Waals surface area contributed by atoms with Crippen molar-refractivity contribution in [1.82, 2.24) is 5.32 Å². The van der Waals surface area contributed by atoms with Crippen molar-refractivity contribution in [3.8, 4) is 0 Å². The van der Waals surface area contributed by atoms with Gasteiger partial charge in [-0.3, -0.25) is 4.79 Å². The number of carbonyl (C=O) groups excluding carboxylic acids is 1. The fraction of sp³-hybridized carbons (Fsp3) is 0.846. The van der Waals surface area contributed by atoms with Gasteiger partial charge < -0.3 is 20.3 Å². The highest BCUT2D eigenvalue weighted by molar-refractivity contribution is 5.69. The van der Waals surface area contributed by atoms with Crippen LogP contribution in [0, 0.1) is 5.92 Å². The normalized spacial score (nSPS) is 16.3. The monoisotopic (exact) mass is 275 g/mol. The van der Waals surface area contributed by atoms with E-state index in [9.17, 15) is 14.7 Å². The maximum absolute atomic E-state index is 11.7. The summed E-state index contributed by atoms with van der Waals surface area (Å²) >= 11 is 0. The van der Waals surface area contributed by atoms with Crippen LogP contribution in [0.3, 0.4) is 0 Å². The molecule has 6 nitrogen and oxygen atoms in total. The van der Waals surface area contributed by atoms with Gasteiger partial charge in [-0.25, -0.2) is 4.79 Å². The van der Waals surface area contributed by atoms with Crippen LogP contribution in [0.1, 0.15) is 47.5 Å². The molecule has 0 fully saturated rings. The lowest BCUT2D eigenvalue weighted by Crippen LogP contribution is -2.49. The van der Waals surface area contributed by atoms with E-state index in [0.29, 0.717) is 6.42 Å². The quantitative estimate of drug-likeness (QED) is 0.686. The summed E-state index contributed by atoms with van der Waals surface area (Å²) in [5.41, 5.74) is -0.637. The van der Waals surface area contributed by atoms with Gasteiger partial charge in [-0.05, 0) is 26.7 Å². The number of aliphatic carboxylic acids is 1. The highest BCUT2D eigenvalue weighted by atomic mass is 16.6. The Morgan fingerprint density at radius 1 is 1.32 bits per heavy atom. The van der Waals surface area contributed by atoms with E-state index in [4.69, 9.17) is 9.84 Å². The summed E-state index contributed by atoms with van der Waals surface area (Å²) in [7, 11) is 0. The Balaban J connectivity index is 4.68. The highest BCUT2D eigenvalue weighted by Gasteiger charge is 2.29. The minimum atomic E-state index is -1.14. The summed E-state index contributed by atoms with van der Waals surface area (Å²) in [5.74, 6) is -1.16. The van der Waals surface area contributed by atoms with Crippen molar-refractivity contribution in [3.05, 3.63) is 0 Å². The largest absolute Gasteiger partial charge is 0.481 e. The van der Waals surface area contributed by atoms with Gasteiger partial charge in [0.1, 0.15) is 5.60 Å². The number of hydrogen-bond donors (Lipinski definition) is 3. The Bertz CT molecular complexity index is 311. The number of carboxylic acid groups (broad SMARTS) is 1. The molecule has 3 N–H and O–H groups in total. The molecule has 19 heavy (non-hydrogen) atoms. The maximum atomic E-state index is 11.7. The van der Waals surface area contributed by atoms with Gasteiger partial charge in [0.05, 0.1) is 18.6 Å². The van der Waals surface area contributed by atoms with Gasteiger partial charge >= 0.3 is 12.1 Å². The number of aliphatic hydroxyl groups excluding tert-OH is 1. The lowest BCUT2D eigenvalue weighted by Gasteiger charge is -2.29. The zero-order valence-electron chi connectivity index (χ0n) is 12.3. The van der Waals surface area contributed by atoms with Gasteiger partial charge in [0.15, 0.2) is 0 Å². The van der Waals surface area contributed by atoms with Crippen molar-refractivity contribution in [2.45, 2.75) is 65.2 Å². The Morgan fingerprint density at radius 3 is 2.21 bits per heavy atom. The van der Waals surface area contributed by atoms with E-state index in [0.717, 1.165) is 0 Å². The molecule has 0 aliphatic carbocycles. The Kier molecular flexibility index (Phi) is 6.83. The second-order valence-electron chi connectivity index (χ2n) is 5.72. The lowest BCUT2D eigenvalue weighted by molar-refractivity contribution is -0.139. The number of hydrogen-bond acceptors (Lipinski definition) is 4. The average Bonchev–Trinajstić information content (AvgIpc) is 2.21. The number of amides is 1. The van der Waals surface area contributed by atoms with E-state index < -0.39 is 36.2 Å². The minimum absolute atomic E-state index is 0.0538. The van der Waals surface area contributed by atoms with Gasteiger partial charge in [-0.1, -0.05) is 20.3 Å². The van der Waals surface area contributed by atoms with E-state index in [1.54, 1.807) is 20.8 Å². The van der Waals surface area contributed by atoms with Crippen LogP contribution in [-0.2, 0) is 9.53 Å². The van der Waals surface area contributed by atoms with Gasteiger partial charge in [0.25, 0.3) is 0 Å². The molecule has 0 aromatic rings. The van der Waals surface area contributed by atoms with Crippen LogP contribution >= 0.6 is 0 Å². The third-order valence-corrected chi connectivity index (χ3v) is 2.74. The lowest BCUT2D eigenvalue weighted by atomic mass is 9.93. The van der Waals surface area contributed by atoms with E-state index in [1.807, 2.05) is 13.8 Å². The predicted molar refractivity (Wildman–Crippen MR) is 70.9 cm³/mol. The molecule has 0 rings (SSSR count). The molecular formula is C13H25NO5. The number of aliphatic hydroxyl groups is 1. The fourth-order valence-corrected chi connectivity index (χ4v) is 1.62. The SMILES string of the molecule is CC[C@H](C)C(NC(=O)OC(C)(C)C)[C@@H](O)CC(=O)O. The predicted octanol–water partition coefficient (Wildman–Crippen LogP) is 1.76. The maximum Gasteiger partial charge on any atom is 0.407 e. The molecule has 0 bridgehead atoms. The number of rotatable bonds is 6. The van der Waals surface area contributed by atoms with Crippen molar-refractivity contribution >= 4 is 12.1 Å². The molecule has 0 aliphatic rings. The molecule has 6 heteroatoms. The van der Waals surface area contributed by atoms with Crippen LogP contribution in [0.4, 0.5) is 4.79 Å². The molecule has 1 amide bonds. The molecule has 0 aliphatic heterocycles. The van der Waals surface area contributed by atoms with E-state index in [-0.39, 0.29) is 5.92 Å². The first-order chi connectivity index (χ1) is 8.56. The zero-order chi connectivity index (χ0) is 15.2. The van der Waals surface area contributed by atoms with Gasteiger partial charge in [-0.15, -0.1) is 0 Å². The first-order valence-electron chi connectivity index (χ1n) is 6.46. The van der Waals surface area contributed by atoms with E-state index >= 15 is 0 Å². The second kappa shape index (κ2) is 7.33. The van der Waals surface area contributed by atoms with Crippen molar-refractivity contribution in [1.29, 1.82) is 0 Å². The topological polar surface area (TPSA) is 95.9 Å². The molecule has 0 aromatic heterocycles. The Hall–Kier alpha value is -1.30. The molecule has 0 spiro atoms. The summed E-state index contributed by atoms with van der Waals surface area (Å²) in [4.78, 5) is 22.3. The van der Waals surface area contributed by atoms with Gasteiger partial charge in [0.2, 0.25) is 0 Å². The highest BCUT2D eigenvalue weighted by Crippen LogP contribution is 2.15. The summed E-state index contributed by atoms with van der Waals surface area (Å²) in [5, 5.41) is 21.1. The smallest absolute Gasteiger partial charge is 0.407 e. The van der Waals surface area contributed by atoms with Crippen molar-refractivity contribution in [3.63, 3.8) is 0 Å². The second-order valence-corrected chi connectivity index (χ2v) is 5.72. The molecule has 3 atom stereocenters. The zero-order valence-corrected chi connectivity index (χ0v) is 12.3. The molecule has 1 unspecified atom stereocenters. The molecule has 0 saturated heterocycles.